The molecule has 0 saturated heterocycles. The lowest BCUT2D eigenvalue weighted by molar-refractivity contribution is -0.0498. The number of ether oxygens (including phenoxy) is 1. The predicted octanol–water partition coefficient (Wildman–Crippen LogP) is 4.06. The fraction of sp³-hybridized carbons (Fsp3) is 0.533. The summed E-state index contributed by atoms with van der Waals surface area (Å²) >= 11 is 5.76. The van der Waals surface area contributed by atoms with Gasteiger partial charge in [0.05, 0.1) is 0 Å². The van der Waals surface area contributed by atoms with E-state index < -0.39 is 6.61 Å². The molecule has 0 fully saturated rings. The standard InChI is InChI=1S/C15H20ClF2NO2/c1-15(2,3)12(7-8-16)19-13(20)10-5-4-6-11(9-10)21-14(17)18/h4-6,9,12,14H,7-8H2,1-3H3,(H,19,20). The van der Waals surface area contributed by atoms with Crippen LogP contribution in [0.15, 0.2) is 24.3 Å². The molecule has 1 N–H and O–H groups in total. The van der Waals surface area contributed by atoms with Crippen LogP contribution in [-0.2, 0) is 0 Å². The maximum absolute atomic E-state index is 12.2. The summed E-state index contributed by atoms with van der Waals surface area (Å²) in [6, 6.07) is 5.61. The molecule has 0 spiro atoms. The first-order valence-corrected chi connectivity index (χ1v) is 7.19. The van der Waals surface area contributed by atoms with E-state index in [1.807, 2.05) is 20.8 Å². The average Bonchev–Trinajstić information content (AvgIpc) is 2.36. The van der Waals surface area contributed by atoms with Crippen LogP contribution in [0.1, 0.15) is 37.6 Å². The molecule has 0 saturated carbocycles. The Morgan fingerprint density at radius 2 is 2.05 bits per heavy atom. The summed E-state index contributed by atoms with van der Waals surface area (Å²) in [7, 11) is 0. The van der Waals surface area contributed by atoms with Crippen molar-refractivity contribution in [2.75, 3.05) is 5.88 Å². The van der Waals surface area contributed by atoms with Crippen molar-refractivity contribution in [1.82, 2.24) is 5.32 Å². The highest BCUT2D eigenvalue weighted by Crippen LogP contribution is 2.23. The van der Waals surface area contributed by atoms with E-state index in [1.165, 1.54) is 18.2 Å². The SMILES string of the molecule is CC(C)(C)C(CCCl)NC(=O)c1cccc(OC(F)F)c1. The second kappa shape index (κ2) is 7.59. The van der Waals surface area contributed by atoms with Gasteiger partial charge in [-0.3, -0.25) is 4.79 Å². The van der Waals surface area contributed by atoms with Gasteiger partial charge in [0.15, 0.2) is 0 Å². The number of carbonyl (C=O) groups excluding carboxylic acids is 1. The van der Waals surface area contributed by atoms with Crippen molar-refractivity contribution in [3.8, 4) is 5.75 Å². The number of carbonyl (C=O) groups is 1. The first-order valence-electron chi connectivity index (χ1n) is 6.65. The summed E-state index contributed by atoms with van der Waals surface area (Å²) in [5, 5.41) is 2.89. The van der Waals surface area contributed by atoms with E-state index in [0.29, 0.717) is 12.3 Å². The molecule has 6 heteroatoms. The maximum atomic E-state index is 12.2. The van der Waals surface area contributed by atoms with Gasteiger partial charge in [-0.15, -0.1) is 11.6 Å². The van der Waals surface area contributed by atoms with Crippen LogP contribution < -0.4 is 10.1 Å². The zero-order chi connectivity index (χ0) is 16.0. The first kappa shape index (κ1) is 17.7. The number of hydrogen-bond acceptors (Lipinski definition) is 2. The Kier molecular flexibility index (Phi) is 6.40. The van der Waals surface area contributed by atoms with E-state index in [-0.39, 0.29) is 28.7 Å². The van der Waals surface area contributed by atoms with Crippen molar-refractivity contribution in [3.63, 3.8) is 0 Å². The number of alkyl halides is 3. The van der Waals surface area contributed by atoms with E-state index >= 15 is 0 Å². The van der Waals surface area contributed by atoms with E-state index in [9.17, 15) is 13.6 Å². The van der Waals surface area contributed by atoms with Crippen molar-refractivity contribution >= 4 is 17.5 Å². The number of benzene rings is 1. The van der Waals surface area contributed by atoms with Crippen molar-refractivity contribution in [1.29, 1.82) is 0 Å². The van der Waals surface area contributed by atoms with Gasteiger partial charge in [-0.05, 0) is 30.0 Å². The van der Waals surface area contributed by atoms with Crippen LogP contribution in [0.5, 0.6) is 5.75 Å². The van der Waals surface area contributed by atoms with Gasteiger partial charge in [0.1, 0.15) is 5.75 Å². The first-order chi connectivity index (χ1) is 9.74. The summed E-state index contributed by atoms with van der Waals surface area (Å²) in [5.74, 6) is 0.0542. The third kappa shape index (κ3) is 5.87. The smallest absolute Gasteiger partial charge is 0.387 e. The Balaban J connectivity index is 2.82. The molecule has 0 aliphatic carbocycles. The molecule has 0 radical (unpaired) electrons. The van der Waals surface area contributed by atoms with Gasteiger partial charge in [0.2, 0.25) is 0 Å². The van der Waals surface area contributed by atoms with Crippen LogP contribution in [0.3, 0.4) is 0 Å². The second-order valence-electron chi connectivity index (χ2n) is 5.78. The molecule has 0 heterocycles. The van der Waals surface area contributed by atoms with Crippen LogP contribution >= 0.6 is 11.6 Å². The zero-order valence-electron chi connectivity index (χ0n) is 12.3. The Morgan fingerprint density at radius 3 is 2.57 bits per heavy atom. The summed E-state index contributed by atoms with van der Waals surface area (Å²) in [6.45, 7) is 3.09. The van der Waals surface area contributed by atoms with Crippen molar-refractivity contribution in [3.05, 3.63) is 29.8 Å². The molecule has 1 amide bonds. The topological polar surface area (TPSA) is 38.3 Å². The molecule has 0 bridgehead atoms. The molecule has 118 valence electrons. The minimum atomic E-state index is -2.91. The average molecular weight is 320 g/mol. The monoisotopic (exact) mass is 319 g/mol. The van der Waals surface area contributed by atoms with Gasteiger partial charge < -0.3 is 10.1 Å². The fourth-order valence-corrected chi connectivity index (χ4v) is 2.10. The molecular weight excluding hydrogens is 300 g/mol. The van der Waals surface area contributed by atoms with E-state index in [0.717, 1.165) is 0 Å². The molecule has 0 aromatic heterocycles. The van der Waals surface area contributed by atoms with Crippen molar-refractivity contribution < 1.29 is 18.3 Å². The van der Waals surface area contributed by atoms with Crippen LogP contribution in [0.4, 0.5) is 8.78 Å². The lowest BCUT2D eigenvalue weighted by atomic mass is 9.85. The van der Waals surface area contributed by atoms with Crippen molar-refractivity contribution in [2.24, 2.45) is 5.41 Å². The molecule has 1 atom stereocenters. The highest BCUT2D eigenvalue weighted by Gasteiger charge is 2.26. The van der Waals surface area contributed by atoms with Crippen LogP contribution in [-0.4, -0.2) is 24.4 Å². The normalized spacial score (nSPS) is 13.1. The number of hydrogen-bond donors (Lipinski definition) is 1. The second-order valence-corrected chi connectivity index (χ2v) is 6.15. The molecule has 0 aliphatic rings. The largest absolute Gasteiger partial charge is 0.435 e. The quantitative estimate of drug-likeness (QED) is 0.803. The number of rotatable bonds is 6. The number of halogens is 3. The summed E-state index contributed by atoms with van der Waals surface area (Å²) < 4.78 is 28.7. The summed E-state index contributed by atoms with van der Waals surface area (Å²) in [4.78, 5) is 12.2. The van der Waals surface area contributed by atoms with Gasteiger partial charge in [0.25, 0.3) is 5.91 Å². The molecule has 3 nitrogen and oxygen atoms in total. The van der Waals surface area contributed by atoms with Crippen LogP contribution in [0, 0.1) is 5.41 Å². The maximum Gasteiger partial charge on any atom is 0.387 e. The van der Waals surface area contributed by atoms with Gasteiger partial charge in [-0.1, -0.05) is 26.8 Å². The molecule has 1 unspecified atom stereocenters. The van der Waals surface area contributed by atoms with E-state index in [2.05, 4.69) is 10.1 Å². The molecule has 1 aromatic carbocycles. The Labute approximate surface area is 128 Å². The lowest BCUT2D eigenvalue weighted by Crippen LogP contribution is -2.44. The Bertz CT molecular complexity index is 475. The van der Waals surface area contributed by atoms with E-state index in [1.54, 1.807) is 6.07 Å². The molecule has 0 aliphatic heterocycles. The number of amides is 1. The predicted molar refractivity (Wildman–Crippen MR) is 79.1 cm³/mol. The molecule has 1 aromatic rings. The zero-order valence-corrected chi connectivity index (χ0v) is 13.1. The third-order valence-corrected chi connectivity index (χ3v) is 3.29. The van der Waals surface area contributed by atoms with Gasteiger partial charge in [0, 0.05) is 17.5 Å². The third-order valence-electron chi connectivity index (χ3n) is 3.07. The minimum Gasteiger partial charge on any atom is -0.435 e. The molecular formula is C15H20ClF2NO2. The Hall–Kier alpha value is -1.36. The molecule has 21 heavy (non-hydrogen) atoms. The number of nitrogens with one attached hydrogen (secondary N) is 1. The summed E-state index contributed by atoms with van der Waals surface area (Å²) in [5.41, 5.74) is 0.124. The van der Waals surface area contributed by atoms with Crippen molar-refractivity contribution in [2.45, 2.75) is 39.8 Å². The Morgan fingerprint density at radius 1 is 1.38 bits per heavy atom. The van der Waals surface area contributed by atoms with Crippen LogP contribution in [0.2, 0.25) is 0 Å². The molecule has 1 rings (SSSR count). The van der Waals surface area contributed by atoms with Gasteiger partial charge >= 0.3 is 6.61 Å². The fourth-order valence-electron chi connectivity index (χ4n) is 1.89. The lowest BCUT2D eigenvalue weighted by Gasteiger charge is -2.31. The van der Waals surface area contributed by atoms with E-state index in [4.69, 9.17) is 11.6 Å². The summed E-state index contributed by atoms with van der Waals surface area (Å²) in [6.07, 6.45) is 0.629. The van der Waals surface area contributed by atoms with Gasteiger partial charge in [-0.2, -0.15) is 8.78 Å². The van der Waals surface area contributed by atoms with Gasteiger partial charge in [-0.25, -0.2) is 0 Å². The highest BCUT2D eigenvalue weighted by molar-refractivity contribution is 6.17. The highest BCUT2D eigenvalue weighted by atomic mass is 35.5. The minimum absolute atomic E-state index is 0.0395. The van der Waals surface area contributed by atoms with Crippen LogP contribution in [0.25, 0.3) is 0 Å².